The van der Waals surface area contributed by atoms with E-state index >= 15 is 0 Å². The van der Waals surface area contributed by atoms with Crippen LogP contribution in [0.3, 0.4) is 0 Å². The SMILES string of the molecule is CCN(CCC(=O)OC)Cc1nc(Cl)ccc1Cl. The van der Waals surface area contributed by atoms with Crippen LogP contribution in [-0.2, 0) is 16.1 Å². The zero-order valence-corrected chi connectivity index (χ0v) is 12.0. The predicted octanol–water partition coefficient (Wildman–Crippen LogP) is 2.77. The summed E-state index contributed by atoms with van der Waals surface area (Å²) in [6, 6.07) is 3.37. The molecule has 0 aliphatic carbocycles. The highest BCUT2D eigenvalue weighted by Gasteiger charge is 2.11. The normalized spacial score (nSPS) is 10.7. The van der Waals surface area contributed by atoms with Crippen molar-refractivity contribution < 1.29 is 9.53 Å². The molecule has 1 rings (SSSR count). The second kappa shape index (κ2) is 7.56. The summed E-state index contributed by atoms with van der Waals surface area (Å²) in [7, 11) is 1.38. The van der Waals surface area contributed by atoms with Crippen molar-refractivity contribution in [1.82, 2.24) is 9.88 Å². The third kappa shape index (κ3) is 4.80. The van der Waals surface area contributed by atoms with E-state index in [2.05, 4.69) is 14.6 Å². The quantitative estimate of drug-likeness (QED) is 0.597. The number of pyridine rings is 1. The standard InChI is InChI=1S/C12H16Cl2N2O2/c1-3-16(7-6-12(17)18-2)8-10-9(13)4-5-11(14)15-10/h4-5H,3,6-8H2,1-2H3. The molecule has 0 radical (unpaired) electrons. The molecule has 4 nitrogen and oxygen atoms in total. The smallest absolute Gasteiger partial charge is 0.306 e. The maximum atomic E-state index is 11.1. The van der Waals surface area contributed by atoms with Gasteiger partial charge in [0.05, 0.1) is 24.2 Å². The van der Waals surface area contributed by atoms with Gasteiger partial charge in [-0.15, -0.1) is 0 Å². The first kappa shape index (κ1) is 15.2. The highest BCUT2D eigenvalue weighted by Crippen LogP contribution is 2.18. The van der Waals surface area contributed by atoms with Gasteiger partial charge < -0.3 is 4.74 Å². The number of hydrogen-bond acceptors (Lipinski definition) is 4. The molecule has 0 aliphatic heterocycles. The summed E-state index contributed by atoms with van der Waals surface area (Å²) in [4.78, 5) is 17.3. The zero-order chi connectivity index (χ0) is 13.5. The van der Waals surface area contributed by atoms with Gasteiger partial charge in [-0.2, -0.15) is 0 Å². The minimum absolute atomic E-state index is 0.224. The van der Waals surface area contributed by atoms with Gasteiger partial charge >= 0.3 is 5.97 Å². The van der Waals surface area contributed by atoms with E-state index < -0.39 is 0 Å². The number of hydrogen-bond donors (Lipinski definition) is 0. The number of nitrogens with zero attached hydrogens (tertiary/aromatic N) is 2. The van der Waals surface area contributed by atoms with Crippen LogP contribution in [0.1, 0.15) is 19.0 Å². The average Bonchev–Trinajstić information content (AvgIpc) is 2.37. The molecule has 0 fully saturated rings. The lowest BCUT2D eigenvalue weighted by molar-refractivity contribution is -0.141. The predicted molar refractivity (Wildman–Crippen MR) is 71.8 cm³/mol. The second-order valence-electron chi connectivity index (χ2n) is 3.76. The molecule has 0 bridgehead atoms. The van der Waals surface area contributed by atoms with Crippen LogP contribution >= 0.6 is 23.2 Å². The molecule has 0 aliphatic rings. The van der Waals surface area contributed by atoms with Gasteiger partial charge in [0, 0.05) is 13.1 Å². The molecule has 0 spiro atoms. The Morgan fingerprint density at radius 3 is 2.78 bits per heavy atom. The number of carbonyl (C=O) groups is 1. The first-order valence-corrected chi connectivity index (χ1v) is 6.42. The van der Waals surface area contributed by atoms with Crippen molar-refractivity contribution >= 4 is 29.2 Å². The van der Waals surface area contributed by atoms with Crippen LogP contribution in [0, 0.1) is 0 Å². The number of esters is 1. The fourth-order valence-electron chi connectivity index (χ4n) is 1.48. The second-order valence-corrected chi connectivity index (χ2v) is 4.55. The Morgan fingerprint density at radius 2 is 2.17 bits per heavy atom. The molecule has 0 aromatic carbocycles. The van der Waals surface area contributed by atoms with Gasteiger partial charge in [-0.05, 0) is 18.7 Å². The minimum atomic E-state index is -0.224. The van der Waals surface area contributed by atoms with Gasteiger partial charge in [0.25, 0.3) is 0 Å². The lowest BCUT2D eigenvalue weighted by atomic mass is 10.3. The monoisotopic (exact) mass is 290 g/mol. The molecule has 0 saturated carbocycles. The lowest BCUT2D eigenvalue weighted by Gasteiger charge is -2.19. The van der Waals surface area contributed by atoms with Crippen LogP contribution in [0.2, 0.25) is 10.2 Å². The molecular formula is C12H16Cl2N2O2. The third-order valence-electron chi connectivity index (χ3n) is 2.57. The van der Waals surface area contributed by atoms with E-state index in [1.165, 1.54) is 7.11 Å². The van der Waals surface area contributed by atoms with Crippen LogP contribution in [0.15, 0.2) is 12.1 Å². The molecule has 1 aromatic heterocycles. The van der Waals surface area contributed by atoms with Crippen LogP contribution < -0.4 is 0 Å². The van der Waals surface area contributed by atoms with Gasteiger partial charge in [-0.25, -0.2) is 4.98 Å². The van der Waals surface area contributed by atoms with E-state index in [1.54, 1.807) is 12.1 Å². The lowest BCUT2D eigenvalue weighted by Crippen LogP contribution is -2.26. The summed E-state index contributed by atoms with van der Waals surface area (Å²) in [6.07, 6.45) is 0.350. The summed E-state index contributed by atoms with van der Waals surface area (Å²) in [5, 5.41) is 0.995. The Morgan fingerprint density at radius 1 is 1.44 bits per heavy atom. The number of methoxy groups -OCH3 is 1. The molecule has 18 heavy (non-hydrogen) atoms. The molecule has 0 amide bonds. The molecule has 0 saturated heterocycles. The Kier molecular flexibility index (Phi) is 6.39. The summed E-state index contributed by atoms with van der Waals surface area (Å²) >= 11 is 11.9. The van der Waals surface area contributed by atoms with Crippen LogP contribution in [0.5, 0.6) is 0 Å². The number of aromatic nitrogens is 1. The van der Waals surface area contributed by atoms with Gasteiger partial charge in [-0.1, -0.05) is 30.1 Å². The van der Waals surface area contributed by atoms with Crippen molar-refractivity contribution in [3.05, 3.63) is 28.0 Å². The average molecular weight is 291 g/mol. The number of halogens is 2. The van der Waals surface area contributed by atoms with Crippen LogP contribution in [0.4, 0.5) is 0 Å². The largest absolute Gasteiger partial charge is 0.469 e. The van der Waals surface area contributed by atoms with Crippen molar-refractivity contribution in [2.75, 3.05) is 20.2 Å². The molecule has 0 N–H and O–H groups in total. The fraction of sp³-hybridized carbons (Fsp3) is 0.500. The van der Waals surface area contributed by atoms with Crippen molar-refractivity contribution in [1.29, 1.82) is 0 Å². The maximum Gasteiger partial charge on any atom is 0.306 e. The highest BCUT2D eigenvalue weighted by molar-refractivity contribution is 6.32. The van der Waals surface area contributed by atoms with E-state index in [4.69, 9.17) is 23.2 Å². The number of ether oxygens (including phenoxy) is 1. The van der Waals surface area contributed by atoms with E-state index in [1.807, 2.05) is 6.92 Å². The summed E-state index contributed by atoms with van der Waals surface area (Å²) < 4.78 is 4.61. The van der Waals surface area contributed by atoms with E-state index in [-0.39, 0.29) is 5.97 Å². The molecular weight excluding hydrogens is 275 g/mol. The van der Waals surface area contributed by atoms with E-state index in [9.17, 15) is 4.79 Å². The molecule has 1 aromatic rings. The summed E-state index contributed by atoms with van der Waals surface area (Å²) in [5.41, 5.74) is 0.718. The molecule has 1 heterocycles. The van der Waals surface area contributed by atoms with E-state index in [0.717, 1.165) is 12.2 Å². The Labute approximate surface area is 117 Å². The fourth-order valence-corrected chi connectivity index (χ4v) is 1.81. The van der Waals surface area contributed by atoms with Gasteiger partial charge in [0.2, 0.25) is 0 Å². The molecule has 100 valence electrons. The number of carbonyl (C=O) groups excluding carboxylic acids is 1. The Balaban J connectivity index is 2.62. The van der Waals surface area contributed by atoms with Crippen molar-refractivity contribution in [2.24, 2.45) is 0 Å². The van der Waals surface area contributed by atoms with Crippen molar-refractivity contribution in [2.45, 2.75) is 19.9 Å². The van der Waals surface area contributed by atoms with E-state index in [0.29, 0.717) is 29.7 Å². The van der Waals surface area contributed by atoms with Gasteiger partial charge in [-0.3, -0.25) is 9.69 Å². The third-order valence-corrected chi connectivity index (χ3v) is 3.12. The van der Waals surface area contributed by atoms with Crippen molar-refractivity contribution in [3.63, 3.8) is 0 Å². The highest BCUT2D eigenvalue weighted by atomic mass is 35.5. The number of rotatable bonds is 6. The molecule has 6 heteroatoms. The van der Waals surface area contributed by atoms with Gasteiger partial charge in [0.15, 0.2) is 0 Å². The minimum Gasteiger partial charge on any atom is -0.469 e. The van der Waals surface area contributed by atoms with Crippen LogP contribution in [-0.4, -0.2) is 36.1 Å². The Hall–Kier alpha value is -0.840. The molecule has 0 unspecified atom stereocenters. The first-order valence-electron chi connectivity index (χ1n) is 5.67. The molecule has 0 atom stereocenters. The maximum absolute atomic E-state index is 11.1. The Bertz CT molecular complexity index is 413. The summed E-state index contributed by atoms with van der Waals surface area (Å²) in [5.74, 6) is -0.224. The van der Waals surface area contributed by atoms with Crippen LogP contribution in [0.25, 0.3) is 0 Å². The topological polar surface area (TPSA) is 42.4 Å². The van der Waals surface area contributed by atoms with Crippen molar-refractivity contribution in [3.8, 4) is 0 Å². The summed E-state index contributed by atoms with van der Waals surface area (Å²) in [6.45, 7) is 3.97. The zero-order valence-electron chi connectivity index (χ0n) is 10.4. The first-order chi connectivity index (χ1) is 8.56. The van der Waals surface area contributed by atoms with Gasteiger partial charge in [0.1, 0.15) is 5.15 Å².